The fraction of sp³-hybridized carbons (Fsp3) is 0.278. The lowest BCUT2D eigenvalue weighted by Gasteiger charge is -2.12. The van der Waals surface area contributed by atoms with Gasteiger partial charge in [0.25, 0.3) is 0 Å². The molecule has 0 aromatic heterocycles. The topological polar surface area (TPSA) is 47.6 Å². The summed E-state index contributed by atoms with van der Waals surface area (Å²) in [6.07, 6.45) is 1.23. The van der Waals surface area contributed by atoms with Crippen LogP contribution in [0, 0.1) is 0 Å². The van der Waals surface area contributed by atoms with E-state index in [1.165, 1.54) is 0 Å². The van der Waals surface area contributed by atoms with Crippen LogP contribution in [0.15, 0.2) is 54.6 Å². The van der Waals surface area contributed by atoms with Gasteiger partial charge in [0.1, 0.15) is 18.5 Å². The lowest BCUT2D eigenvalue weighted by Crippen LogP contribution is -2.19. The molecule has 0 radical (unpaired) electrons. The predicted molar refractivity (Wildman–Crippen MR) is 83.9 cm³/mol. The first-order valence-electron chi connectivity index (χ1n) is 7.50. The van der Waals surface area contributed by atoms with Gasteiger partial charge >= 0.3 is 5.97 Å². The van der Waals surface area contributed by atoms with Crippen LogP contribution in [0.1, 0.15) is 22.3 Å². The number of carbonyl (C=O) groups excluding carboxylic acids is 1. The van der Waals surface area contributed by atoms with Crippen LogP contribution in [0.4, 0.5) is 0 Å². The van der Waals surface area contributed by atoms with Crippen molar-refractivity contribution in [2.75, 3.05) is 13.1 Å². The minimum absolute atomic E-state index is 0.218. The summed E-state index contributed by atoms with van der Waals surface area (Å²) in [6, 6.07) is 16.8. The van der Waals surface area contributed by atoms with Gasteiger partial charge in [-0.3, -0.25) is 0 Å². The Morgan fingerprint density at radius 1 is 1.09 bits per heavy atom. The summed E-state index contributed by atoms with van der Waals surface area (Å²) in [5.41, 5.74) is 1.51. The Labute approximate surface area is 130 Å². The van der Waals surface area contributed by atoms with Gasteiger partial charge in [-0.1, -0.05) is 30.3 Å². The molecule has 1 aliphatic heterocycles. The monoisotopic (exact) mass is 297 g/mol. The summed E-state index contributed by atoms with van der Waals surface area (Å²) in [5, 5.41) is 3.26. The molecule has 0 bridgehead atoms. The average molecular weight is 297 g/mol. The van der Waals surface area contributed by atoms with Gasteiger partial charge in [-0.2, -0.15) is 0 Å². The Balaban J connectivity index is 1.54. The zero-order chi connectivity index (χ0) is 15.2. The molecule has 1 saturated heterocycles. The minimum atomic E-state index is -0.321. The van der Waals surface area contributed by atoms with Gasteiger partial charge in [0.05, 0.1) is 5.56 Å². The van der Waals surface area contributed by atoms with E-state index in [9.17, 15) is 4.79 Å². The van der Waals surface area contributed by atoms with Crippen molar-refractivity contribution in [3.05, 3.63) is 65.7 Å². The van der Waals surface area contributed by atoms with Gasteiger partial charge in [0.15, 0.2) is 0 Å². The van der Waals surface area contributed by atoms with E-state index >= 15 is 0 Å². The molecule has 1 atom stereocenters. The van der Waals surface area contributed by atoms with E-state index in [2.05, 4.69) is 5.32 Å². The Bertz CT molecular complexity index is 604. The molecule has 0 amide bonds. The fourth-order valence-corrected chi connectivity index (χ4v) is 2.40. The normalized spacial score (nSPS) is 17.2. The second-order valence-electron chi connectivity index (χ2n) is 5.32. The fourth-order valence-electron chi connectivity index (χ4n) is 2.40. The molecule has 2 aromatic rings. The van der Waals surface area contributed by atoms with Crippen LogP contribution in [-0.2, 0) is 11.3 Å². The molecule has 22 heavy (non-hydrogen) atoms. The zero-order valence-corrected chi connectivity index (χ0v) is 12.3. The summed E-state index contributed by atoms with van der Waals surface area (Å²) < 4.78 is 11.1. The third kappa shape index (κ3) is 3.86. The standard InChI is InChI=1S/C18H19NO3/c20-18(21-13-14-4-2-1-3-5-14)15-6-8-16(9-7-15)22-17-10-11-19-12-17/h1-9,17,19H,10-13H2/t17-/m0/s1. The van der Waals surface area contributed by atoms with Gasteiger partial charge in [0, 0.05) is 6.54 Å². The van der Waals surface area contributed by atoms with Crippen LogP contribution in [0.2, 0.25) is 0 Å². The summed E-state index contributed by atoms with van der Waals surface area (Å²) >= 11 is 0. The Morgan fingerprint density at radius 2 is 1.86 bits per heavy atom. The largest absolute Gasteiger partial charge is 0.489 e. The highest BCUT2D eigenvalue weighted by atomic mass is 16.5. The lowest BCUT2D eigenvalue weighted by atomic mass is 10.2. The van der Waals surface area contributed by atoms with Crippen LogP contribution in [0.5, 0.6) is 5.75 Å². The summed E-state index contributed by atoms with van der Waals surface area (Å²) in [5.74, 6) is 0.464. The second kappa shape index (κ2) is 7.09. The van der Waals surface area contributed by atoms with Crippen molar-refractivity contribution in [1.29, 1.82) is 0 Å². The molecule has 0 unspecified atom stereocenters. The Kier molecular flexibility index (Phi) is 4.71. The molecule has 0 saturated carbocycles. The molecule has 2 aromatic carbocycles. The summed E-state index contributed by atoms with van der Waals surface area (Å²) in [6.45, 7) is 2.15. The van der Waals surface area contributed by atoms with Crippen LogP contribution in [-0.4, -0.2) is 25.2 Å². The quantitative estimate of drug-likeness (QED) is 0.862. The number of esters is 1. The number of nitrogens with one attached hydrogen (secondary N) is 1. The molecule has 1 heterocycles. The first kappa shape index (κ1) is 14.6. The maximum atomic E-state index is 12.0. The Morgan fingerprint density at radius 3 is 2.55 bits per heavy atom. The number of carbonyl (C=O) groups is 1. The highest BCUT2D eigenvalue weighted by Gasteiger charge is 2.16. The number of rotatable bonds is 5. The Hall–Kier alpha value is -2.33. The number of ether oxygens (including phenoxy) is 2. The van der Waals surface area contributed by atoms with Crippen molar-refractivity contribution < 1.29 is 14.3 Å². The molecule has 114 valence electrons. The van der Waals surface area contributed by atoms with E-state index in [4.69, 9.17) is 9.47 Å². The molecule has 3 rings (SSSR count). The van der Waals surface area contributed by atoms with Gasteiger partial charge < -0.3 is 14.8 Å². The number of hydrogen-bond acceptors (Lipinski definition) is 4. The van der Waals surface area contributed by atoms with Gasteiger partial charge in [-0.25, -0.2) is 4.79 Å². The van der Waals surface area contributed by atoms with Crippen molar-refractivity contribution in [2.24, 2.45) is 0 Å². The van der Waals surface area contributed by atoms with E-state index in [0.29, 0.717) is 5.56 Å². The second-order valence-corrected chi connectivity index (χ2v) is 5.32. The van der Waals surface area contributed by atoms with Crippen LogP contribution in [0.3, 0.4) is 0 Å². The smallest absolute Gasteiger partial charge is 0.338 e. The highest BCUT2D eigenvalue weighted by molar-refractivity contribution is 5.89. The number of hydrogen-bond donors (Lipinski definition) is 1. The molecule has 4 nitrogen and oxygen atoms in total. The predicted octanol–water partition coefficient (Wildman–Crippen LogP) is 2.78. The van der Waals surface area contributed by atoms with E-state index in [0.717, 1.165) is 30.8 Å². The molecule has 0 aliphatic carbocycles. The highest BCUT2D eigenvalue weighted by Crippen LogP contribution is 2.17. The summed E-state index contributed by atoms with van der Waals surface area (Å²) in [7, 11) is 0. The molecule has 4 heteroatoms. The zero-order valence-electron chi connectivity index (χ0n) is 12.3. The average Bonchev–Trinajstić information content (AvgIpc) is 3.07. The van der Waals surface area contributed by atoms with Crippen molar-refractivity contribution in [1.82, 2.24) is 5.32 Å². The molecular formula is C18H19NO3. The molecule has 1 aliphatic rings. The van der Waals surface area contributed by atoms with Crippen molar-refractivity contribution in [3.63, 3.8) is 0 Å². The van der Waals surface area contributed by atoms with Crippen LogP contribution >= 0.6 is 0 Å². The molecular weight excluding hydrogens is 278 g/mol. The van der Waals surface area contributed by atoms with Crippen molar-refractivity contribution in [3.8, 4) is 5.75 Å². The SMILES string of the molecule is O=C(OCc1ccccc1)c1ccc(O[C@H]2CCNC2)cc1. The molecule has 1 N–H and O–H groups in total. The maximum absolute atomic E-state index is 12.0. The number of benzene rings is 2. The third-order valence-electron chi connectivity index (χ3n) is 3.62. The van der Waals surface area contributed by atoms with Crippen LogP contribution in [0.25, 0.3) is 0 Å². The van der Waals surface area contributed by atoms with Crippen molar-refractivity contribution >= 4 is 5.97 Å². The molecule has 0 spiro atoms. The first-order chi connectivity index (χ1) is 10.8. The first-order valence-corrected chi connectivity index (χ1v) is 7.50. The van der Waals surface area contributed by atoms with E-state index in [1.54, 1.807) is 12.1 Å². The van der Waals surface area contributed by atoms with E-state index < -0.39 is 0 Å². The van der Waals surface area contributed by atoms with Crippen molar-refractivity contribution in [2.45, 2.75) is 19.1 Å². The lowest BCUT2D eigenvalue weighted by molar-refractivity contribution is 0.0472. The van der Waals surface area contributed by atoms with E-state index in [1.807, 2.05) is 42.5 Å². The van der Waals surface area contributed by atoms with E-state index in [-0.39, 0.29) is 18.7 Å². The third-order valence-corrected chi connectivity index (χ3v) is 3.62. The molecule has 1 fully saturated rings. The van der Waals surface area contributed by atoms with Gasteiger partial charge in [0.2, 0.25) is 0 Å². The summed E-state index contributed by atoms with van der Waals surface area (Å²) in [4.78, 5) is 12.0. The van der Waals surface area contributed by atoms with Gasteiger partial charge in [-0.15, -0.1) is 0 Å². The minimum Gasteiger partial charge on any atom is -0.489 e. The van der Waals surface area contributed by atoms with Crippen LogP contribution < -0.4 is 10.1 Å². The van der Waals surface area contributed by atoms with Gasteiger partial charge in [-0.05, 0) is 42.8 Å². The maximum Gasteiger partial charge on any atom is 0.338 e.